The summed E-state index contributed by atoms with van der Waals surface area (Å²) in [4.78, 5) is 22.9. The van der Waals surface area contributed by atoms with Gasteiger partial charge in [-0.1, -0.05) is 0 Å². The van der Waals surface area contributed by atoms with E-state index < -0.39 is 36.4 Å². The molecule has 1 fully saturated rings. The highest BCUT2D eigenvalue weighted by atomic mass is 19.4. The van der Waals surface area contributed by atoms with Crippen molar-refractivity contribution in [2.24, 2.45) is 11.8 Å². The maximum atomic E-state index is 12.1. The van der Waals surface area contributed by atoms with Crippen LogP contribution < -0.4 is 0 Å². The van der Waals surface area contributed by atoms with Crippen molar-refractivity contribution >= 4 is 11.9 Å². The second kappa shape index (κ2) is 4.93. The Balaban J connectivity index is 2.52. The molecule has 1 aliphatic rings. The van der Waals surface area contributed by atoms with Gasteiger partial charge in [0.2, 0.25) is 5.91 Å². The smallest absolute Gasteiger partial charge is 0.406 e. The number of carboxylic acids is 1. The molecule has 0 aromatic rings. The second-order valence-corrected chi connectivity index (χ2v) is 4.35. The van der Waals surface area contributed by atoms with E-state index in [0.717, 1.165) is 7.05 Å². The van der Waals surface area contributed by atoms with Gasteiger partial charge in [0.15, 0.2) is 0 Å². The van der Waals surface area contributed by atoms with E-state index in [4.69, 9.17) is 5.11 Å². The van der Waals surface area contributed by atoms with Crippen LogP contribution >= 0.6 is 0 Å². The van der Waals surface area contributed by atoms with E-state index in [1.54, 1.807) is 0 Å². The molecule has 2 unspecified atom stereocenters. The SMILES string of the molecule is CN(CC(F)(F)F)C(=O)C1CCC(C(=O)O)C1. The quantitative estimate of drug-likeness (QED) is 0.829. The number of rotatable bonds is 3. The summed E-state index contributed by atoms with van der Waals surface area (Å²) in [6.45, 7) is -1.29. The number of carboxylic acid groups (broad SMARTS) is 1. The van der Waals surface area contributed by atoms with Crippen molar-refractivity contribution < 1.29 is 27.9 Å². The number of alkyl halides is 3. The van der Waals surface area contributed by atoms with Crippen LogP contribution in [-0.4, -0.2) is 41.7 Å². The van der Waals surface area contributed by atoms with Gasteiger partial charge in [0.1, 0.15) is 6.54 Å². The molecule has 0 spiro atoms. The van der Waals surface area contributed by atoms with Crippen LogP contribution in [0, 0.1) is 11.8 Å². The summed E-state index contributed by atoms with van der Waals surface area (Å²) in [7, 11) is 1.09. The van der Waals surface area contributed by atoms with Gasteiger partial charge in [0, 0.05) is 13.0 Å². The third kappa shape index (κ3) is 3.90. The maximum Gasteiger partial charge on any atom is 0.406 e. The third-order valence-electron chi connectivity index (χ3n) is 2.92. The van der Waals surface area contributed by atoms with Crippen molar-refractivity contribution in [1.82, 2.24) is 4.90 Å². The Morgan fingerprint density at radius 3 is 2.24 bits per heavy atom. The highest BCUT2D eigenvalue weighted by Gasteiger charge is 2.38. The summed E-state index contributed by atoms with van der Waals surface area (Å²) in [6, 6.07) is 0. The lowest BCUT2D eigenvalue weighted by Crippen LogP contribution is -2.39. The van der Waals surface area contributed by atoms with Gasteiger partial charge in [-0.05, 0) is 19.3 Å². The van der Waals surface area contributed by atoms with Gasteiger partial charge in [-0.25, -0.2) is 0 Å². The molecule has 7 heteroatoms. The lowest BCUT2D eigenvalue weighted by Gasteiger charge is -2.22. The van der Waals surface area contributed by atoms with Gasteiger partial charge in [-0.3, -0.25) is 9.59 Å². The van der Waals surface area contributed by atoms with Crippen LogP contribution in [0.3, 0.4) is 0 Å². The van der Waals surface area contributed by atoms with E-state index >= 15 is 0 Å². The first kappa shape index (κ1) is 13.8. The predicted molar refractivity (Wildman–Crippen MR) is 52.2 cm³/mol. The first-order valence-corrected chi connectivity index (χ1v) is 5.25. The number of amides is 1. The van der Waals surface area contributed by atoms with Crippen molar-refractivity contribution in [3.63, 3.8) is 0 Å². The number of aliphatic carboxylic acids is 1. The van der Waals surface area contributed by atoms with E-state index in [0.29, 0.717) is 17.7 Å². The van der Waals surface area contributed by atoms with Gasteiger partial charge in [0.05, 0.1) is 5.92 Å². The molecule has 0 radical (unpaired) electrons. The molecule has 98 valence electrons. The molecule has 0 aliphatic heterocycles. The van der Waals surface area contributed by atoms with Gasteiger partial charge in [-0.2, -0.15) is 13.2 Å². The van der Waals surface area contributed by atoms with Crippen molar-refractivity contribution in [3.05, 3.63) is 0 Å². The zero-order chi connectivity index (χ0) is 13.2. The zero-order valence-corrected chi connectivity index (χ0v) is 9.33. The van der Waals surface area contributed by atoms with Crippen molar-refractivity contribution in [3.8, 4) is 0 Å². The van der Waals surface area contributed by atoms with Gasteiger partial charge < -0.3 is 10.0 Å². The second-order valence-electron chi connectivity index (χ2n) is 4.35. The lowest BCUT2D eigenvalue weighted by atomic mass is 10.0. The highest BCUT2D eigenvalue weighted by molar-refractivity contribution is 5.80. The Kier molecular flexibility index (Phi) is 4.00. The molecule has 1 saturated carbocycles. The van der Waals surface area contributed by atoms with Crippen molar-refractivity contribution in [2.45, 2.75) is 25.4 Å². The van der Waals surface area contributed by atoms with E-state index in [1.165, 1.54) is 0 Å². The molecule has 0 aromatic carbocycles. The average Bonchev–Trinajstić information content (AvgIpc) is 2.62. The molecule has 1 aliphatic carbocycles. The Hall–Kier alpha value is -1.27. The topological polar surface area (TPSA) is 57.6 Å². The standard InChI is InChI=1S/C10H14F3NO3/c1-14(5-10(11,12)13)8(15)6-2-3-7(4-6)9(16)17/h6-7H,2-5H2,1H3,(H,16,17). The minimum Gasteiger partial charge on any atom is -0.481 e. The molecule has 17 heavy (non-hydrogen) atoms. The minimum absolute atomic E-state index is 0.135. The number of halogens is 3. The summed E-state index contributed by atoms with van der Waals surface area (Å²) in [5, 5.41) is 8.73. The molecular weight excluding hydrogens is 239 g/mol. The summed E-state index contributed by atoms with van der Waals surface area (Å²) >= 11 is 0. The van der Waals surface area contributed by atoms with Crippen LogP contribution in [-0.2, 0) is 9.59 Å². The van der Waals surface area contributed by atoms with Crippen molar-refractivity contribution in [1.29, 1.82) is 0 Å². The fourth-order valence-corrected chi connectivity index (χ4v) is 2.09. The van der Waals surface area contributed by atoms with Crippen LogP contribution in [0.4, 0.5) is 13.2 Å². The normalized spacial score (nSPS) is 24.7. The molecule has 0 heterocycles. The molecule has 0 saturated heterocycles. The summed E-state index contributed by atoms with van der Waals surface area (Å²) in [5.41, 5.74) is 0. The summed E-state index contributed by atoms with van der Waals surface area (Å²) in [6.07, 6.45) is -3.59. The first-order valence-electron chi connectivity index (χ1n) is 5.25. The fourth-order valence-electron chi connectivity index (χ4n) is 2.09. The first-order chi connectivity index (χ1) is 7.70. The Labute approximate surface area is 96.4 Å². The Morgan fingerprint density at radius 1 is 1.29 bits per heavy atom. The molecular formula is C10H14F3NO3. The number of carbonyl (C=O) groups excluding carboxylic acids is 1. The van der Waals surface area contributed by atoms with E-state index in [-0.39, 0.29) is 6.42 Å². The number of carbonyl (C=O) groups is 2. The number of nitrogens with zero attached hydrogens (tertiary/aromatic N) is 1. The molecule has 0 bridgehead atoms. The van der Waals surface area contributed by atoms with Crippen LogP contribution in [0.5, 0.6) is 0 Å². The maximum absolute atomic E-state index is 12.1. The van der Waals surface area contributed by atoms with E-state index in [2.05, 4.69) is 0 Å². The van der Waals surface area contributed by atoms with Crippen LogP contribution in [0.2, 0.25) is 0 Å². The van der Waals surface area contributed by atoms with Gasteiger partial charge >= 0.3 is 12.1 Å². The van der Waals surface area contributed by atoms with Crippen LogP contribution in [0.15, 0.2) is 0 Å². The van der Waals surface area contributed by atoms with Crippen LogP contribution in [0.1, 0.15) is 19.3 Å². The molecule has 2 atom stereocenters. The number of hydrogen-bond acceptors (Lipinski definition) is 2. The monoisotopic (exact) mass is 253 g/mol. The zero-order valence-electron chi connectivity index (χ0n) is 9.33. The van der Waals surface area contributed by atoms with Gasteiger partial charge in [0.25, 0.3) is 0 Å². The molecule has 1 amide bonds. The van der Waals surface area contributed by atoms with Gasteiger partial charge in [-0.15, -0.1) is 0 Å². The Morgan fingerprint density at radius 2 is 1.82 bits per heavy atom. The average molecular weight is 253 g/mol. The predicted octanol–water partition coefficient (Wildman–Crippen LogP) is 1.51. The Bertz CT molecular complexity index is 316. The van der Waals surface area contributed by atoms with Crippen LogP contribution in [0.25, 0.3) is 0 Å². The fraction of sp³-hybridized carbons (Fsp3) is 0.800. The molecule has 0 aromatic heterocycles. The van der Waals surface area contributed by atoms with E-state index in [1.807, 2.05) is 0 Å². The van der Waals surface area contributed by atoms with Crippen molar-refractivity contribution in [2.75, 3.05) is 13.6 Å². The summed E-state index contributed by atoms with van der Waals surface area (Å²) < 4.78 is 36.2. The number of hydrogen-bond donors (Lipinski definition) is 1. The molecule has 4 nitrogen and oxygen atoms in total. The minimum atomic E-state index is -4.42. The lowest BCUT2D eigenvalue weighted by molar-refractivity contribution is -0.161. The highest BCUT2D eigenvalue weighted by Crippen LogP contribution is 2.32. The molecule has 1 N–H and O–H groups in total. The third-order valence-corrected chi connectivity index (χ3v) is 2.92. The van der Waals surface area contributed by atoms with E-state index in [9.17, 15) is 22.8 Å². The largest absolute Gasteiger partial charge is 0.481 e. The molecule has 1 rings (SSSR count). The summed E-state index contributed by atoms with van der Waals surface area (Å²) in [5.74, 6) is -2.81.